The van der Waals surface area contributed by atoms with Gasteiger partial charge in [0.05, 0.1) is 0 Å². The highest BCUT2D eigenvalue weighted by molar-refractivity contribution is 5.96. The third-order valence-electron chi connectivity index (χ3n) is 4.90. The third kappa shape index (κ3) is 6.61. The zero-order chi connectivity index (χ0) is 22.1. The van der Waals surface area contributed by atoms with Crippen molar-refractivity contribution in [2.24, 2.45) is 0 Å². The molecule has 2 aromatic rings. The Morgan fingerprint density at radius 1 is 0.900 bits per heavy atom. The van der Waals surface area contributed by atoms with Crippen molar-refractivity contribution in [1.82, 2.24) is 4.90 Å². The molecular formula is C25H34N2O3. The minimum atomic E-state index is -0.638. The Morgan fingerprint density at radius 2 is 1.47 bits per heavy atom. The van der Waals surface area contributed by atoms with Gasteiger partial charge in [0.25, 0.3) is 11.8 Å². The second-order valence-corrected chi connectivity index (χ2v) is 7.84. The van der Waals surface area contributed by atoms with Gasteiger partial charge < -0.3 is 15.0 Å². The highest BCUT2D eigenvalue weighted by atomic mass is 16.5. The maximum absolute atomic E-state index is 12.7. The second-order valence-electron chi connectivity index (χ2n) is 7.84. The van der Waals surface area contributed by atoms with Crippen LogP contribution in [0.1, 0.15) is 69.3 Å². The van der Waals surface area contributed by atoms with Crippen LogP contribution in [0, 0.1) is 0 Å². The van der Waals surface area contributed by atoms with Crippen molar-refractivity contribution in [3.8, 4) is 5.75 Å². The average molecular weight is 411 g/mol. The minimum absolute atomic E-state index is 0.0260. The van der Waals surface area contributed by atoms with Crippen LogP contribution in [-0.4, -0.2) is 35.9 Å². The van der Waals surface area contributed by atoms with Crippen LogP contribution in [0.3, 0.4) is 0 Å². The molecule has 0 heterocycles. The Balaban J connectivity index is 1.95. The van der Waals surface area contributed by atoms with Crippen molar-refractivity contribution in [3.05, 3.63) is 59.7 Å². The van der Waals surface area contributed by atoms with E-state index in [-0.39, 0.29) is 11.8 Å². The molecule has 0 bridgehead atoms. The van der Waals surface area contributed by atoms with Gasteiger partial charge in [0.1, 0.15) is 5.75 Å². The van der Waals surface area contributed by atoms with Gasteiger partial charge in [-0.05, 0) is 67.6 Å². The van der Waals surface area contributed by atoms with Gasteiger partial charge in [0.2, 0.25) is 0 Å². The molecular weight excluding hydrogens is 376 g/mol. The number of nitrogens with zero attached hydrogens (tertiary/aromatic N) is 1. The largest absolute Gasteiger partial charge is 0.481 e. The second kappa shape index (κ2) is 11.4. The normalized spacial score (nSPS) is 11.8. The zero-order valence-electron chi connectivity index (χ0n) is 18.8. The quantitative estimate of drug-likeness (QED) is 0.564. The third-order valence-corrected chi connectivity index (χ3v) is 4.90. The lowest BCUT2D eigenvalue weighted by atomic mass is 10.0. The van der Waals surface area contributed by atoms with Crippen LogP contribution >= 0.6 is 0 Å². The highest BCUT2D eigenvalue weighted by Crippen LogP contribution is 2.20. The number of carbonyl (C=O) groups is 2. The summed E-state index contributed by atoms with van der Waals surface area (Å²) in [4.78, 5) is 27.0. The molecule has 30 heavy (non-hydrogen) atoms. The molecule has 5 nitrogen and oxygen atoms in total. The molecule has 0 saturated heterocycles. The van der Waals surface area contributed by atoms with E-state index in [1.165, 1.54) is 5.56 Å². The van der Waals surface area contributed by atoms with Crippen LogP contribution < -0.4 is 10.1 Å². The molecule has 0 aliphatic carbocycles. The van der Waals surface area contributed by atoms with Crippen molar-refractivity contribution in [2.75, 3.05) is 18.4 Å². The van der Waals surface area contributed by atoms with Gasteiger partial charge >= 0.3 is 0 Å². The summed E-state index contributed by atoms with van der Waals surface area (Å²) < 4.78 is 5.76. The summed E-state index contributed by atoms with van der Waals surface area (Å²) in [6, 6.07) is 14.8. The van der Waals surface area contributed by atoms with E-state index in [0.29, 0.717) is 22.9 Å². The number of carbonyl (C=O) groups excluding carboxylic acids is 2. The molecule has 2 amide bonds. The number of benzene rings is 2. The summed E-state index contributed by atoms with van der Waals surface area (Å²) in [6.45, 7) is 11.6. The molecule has 0 spiro atoms. The van der Waals surface area contributed by atoms with Gasteiger partial charge in [-0.25, -0.2) is 0 Å². The van der Waals surface area contributed by atoms with Crippen LogP contribution in [0.25, 0.3) is 0 Å². The number of amides is 2. The Morgan fingerprint density at radius 3 is 1.97 bits per heavy atom. The molecule has 2 aromatic carbocycles. The van der Waals surface area contributed by atoms with E-state index in [1.54, 1.807) is 31.2 Å². The summed E-state index contributed by atoms with van der Waals surface area (Å²) in [7, 11) is 0. The van der Waals surface area contributed by atoms with Crippen LogP contribution in [0.4, 0.5) is 5.69 Å². The fourth-order valence-corrected chi connectivity index (χ4v) is 3.17. The number of rotatable bonds is 10. The van der Waals surface area contributed by atoms with Gasteiger partial charge in [-0.2, -0.15) is 0 Å². The predicted octanol–water partition coefficient (Wildman–Crippen LogP) is 5.48. The lowest BCUT2D eigenvalue weighted by Crippen LogP contribution is -2.32. The van der Waals surface area contributed by atoms with E-state index in [4.69, 9.17) is 4.74 Å². The SMILES string of the molecule is CCCN(CCC)C(=O)c1ccc(NC(=O)C(C)Oc2ccc(C(C)C)cc2)cc1. The Hall–Kier alpha value is -2.82. The fraction of sp³-hybridized carbons (Fsp3) is 0.440. The minimum Gasteiger partial charge on any atom is -0.481 e. The highest BCUT2D eigenvalue weighted by Gasteiger charge is 2.17. The summed E-state index contributed by atoms with van der Waals surface area (Å²) in [5.41, 5.74) is 2.50. The number of ether oxygens (including phenoxy) is 1. The molecule has 0 aromatic heterocycles. The smallest absolute Gasteiger partial charge is 0.265 e. The molecule has 0 fully saturated rings. The van der Waals surface area contributed by atoms with Gasteiger partial charge in [-0.15, -0.1) is 0 Å². The van der Waals surface area contributed by atoms with E-state index in [0.717, 1.165) is 25.9 Å². The summed E-state index contributed by atoms with van der Waals surface area (Å²) in [6.07, 6.45) is 1.22. The van der Waals surface area contributed by atoms with Crippen LogP contribution in [0.2, 0.25) is 0 Å². The van der Waals surface area contributed by atoms with E-state index < -0.39 is 6.10 Å². The lowest BCUT2D eigenvalue weighted by molar-refractivity contribution is -0.122. The van der Waals surface area contributed by atoms with Crippen molar-refractivity contribution >= 4 is 17.5 Å². The summed E-state index contributed by atoms with van der Waals surface area (Å²) in [5.74, 6) is 0.902. The van der Waals surface area contributed by atoms with Gasteiger partial charge in [-0.3, -0.25) is 9.59 Å². The van der Waals surface area contributed by atoms with E-state index in [9.17, 15) is 9.59 Å². The first-order valence-electron chi connectivity index (χ1n) is 10.8. The monoisotopic (exact) mass is 410 g/mol. The molecule has 2 rings (SSSR count). The van der Waals surface area contributed by atoms with Crippen LogP contribution in [0.15, 0.2) is 48.5 Å². The Kier molecular flexibility index (Phi) is 8.90. The first kappa shape index (κ1) is 23.5. The first-order chi connectivity index (χ1) is 14.3. The molecule has 0 saturated carbocycles. The van der Waals surface area contributed by atoms with E-state index in [1.807, 2.05) is 29.2 Å². The van der Waals surface area contributed by atoms with Gasteiger partial charge in [0.15, 0.2) is 6.10 Å². The molecule has 5 heteroatoms. The molecule has 0 radical (unpaired) electrons. The van der Waals surface area contributed by atoms with E-state index in [2.05, 4.69) is 33.0 Å². The predicted molar refractivity (Wildman–Crippen MR) is 122 cm³/mol. The number of hydrogen-bond acceptors (Lipinski definition) is 3. The molecule has 0 aliphatic rings. The standard InChI is InChI=1S/C25H34N2O3/c1-6-16-27(17-7-2)25(29)21-8-12-22(13-9-21)26-24(28)19(5)30-23-14-10-20(11-15-23)18(3)4/h8-15,18-19H,6-7,16-17H2,1-5H3,(H,26,28). The lowest BCUT2D eigenvalue weighted by Gasteiger charge is -2.21. The summed E-state index contributed by atoms with van der Waals surface area (Å²) in [5, 5.41) is 2.85. The van der Waals surface area contributed by atoms with Crippen molar-refractivity contribution in [2.45, 2.75) is 59.5 Å². The molecule has 1 unspecified atom stereocenters. The molecule has 162 valence electrons. The summed E-state index contributed by atoms with van der Waals surface area (Å²) >= 11 is 0. The fourth-order valence-electron chi connectivity index (χ4n) is 3.17. The Bertz CT molecular complexity index is 807. The molecule has 1 N–H and O–H groups in total. The number of hydrogen-bond donors (Lipinski definition) is 1. The van der Waals surface area contributed by atoms with Crippen molar-refractivity contribution < 1.29 is 14.3 Å². The van der Waals surface area contributed by atoms with Crippen LogP contribution in [0.5, 0.6) is 5.75 Å². The average Bonchev–Trinajstić information content (AvgIpc) is 2.74. The van der Waals surface area contributed by atoms with E-state index >= 15 is 0 Å². The molecule has 0 aliphatic heterocycles. The topological polar surface area (TPSA) is 58.6 Å². The first-order valence-corrected chi connectivity index (χ1v) is 10.8. The van der Waals surface area contributed by atoms with Crippen molar-refractivity contribution in [3.63, 3.8) is 0 Å². The maximum Gasteiger partial charge on any atom is 0.265 e. The van der Waals surface area contributed by atoms with Crippen molar-refractivity contribution in [1.29, 1.82) is 0 Å². The number of anilines is 1. The van der Waals surface area contributed by atoms with Gasteiger partial charge in [0, 0.05) is 24.3 Å². The number of nitrogens with one attached hydrogen (secondary N) is 1. The Labute approximate surface area is 180 Å². The van der Waals surface area contributed by atoms with Gasteiger partial charge in [-0.1, -0.05) is 39.8 Å². The molecule has 1 atom stereocenters. The van der Waals surface area contributed by atoms with Crippen LogP contribution in [-0.2, 0) is 4.79 Å². The zero-order valence-corrected chi connectivity index (χ0v) is 18.8. The maximum atomic E-state index is 12.7.